The molecule has 25 heavy (non-hydrogen) atoms. The molecule has 2 aromatic carbocycles. The fraction of sp³-hybridized carbons (Fsp3) is 0.350. The Morgan fingerprint density at radius 1 is 1.16 bits per heavy atom. The molecule has 0 N–H and O–H groups in total. The van der Waals surface area contributed by atoms with Crippen molar-refractivity contribution in [2.75, 3.05) is 13.3 Å². The second-order valence-electron chi connectivity index (χ2n) is 6.54. The largest absolute Gasteiger partial charge is 0.454 e. The molecule has 2 aromatic rings. The fourth-order valence-electron chi connectivity index (χ4n) is 3.39. The third-order valence-corrected chi connectivity index (χ3v) is 4.91. The van der Waals surface area contributed by atoms with Crippen molar-refractivity contribution in [3.63, 3.8) is 0 Å². The lowest BCUT2D eigenvalue weighted by Crippen LogP contribution is -2.31. The van der Waals surface area contributed by atoms with Gasteiger partial charge in [0.2, 0.25) is 12.7 Å². The molecule has 4 rings (SSSR count). The number of ether oxygens (including phenoxy) is 2. The molecule has 1 aliphatic heterocycles. The number of rotatable bonds is 5. The van der Waals surface area contributed by atoms with Gasteiger partial charge < -0.3 is 14.4 Å². The number of hydrogen-bond donors (Lipinski definition) is 0. The third-order valence-electron chi connectivity index (χ3n) is 4.91. The first-order valence-electron chi connectivity index (χ1n) is 8.58. The van der Waals surface area contributed by atoms with Crippen molar-refractivity contribution < 1.29 is 18.7 Å². The highest BCUT2D eigenvalue weighted by Crippen LogP contribution is 2.48. The molecule has 2 aliphatic rings. The quantitative estimate of drug-likeness (QED) is 0.832. The zero-order valence-electron chi connectivity index (χ0n) is 14.1. The number of benzene rings is 2. The van der Waals surface area contributed by atoms with Crippen molar-refractivity contribution in [1.82, 2.24) is 4.90 Å². The average Bonchev–Trinajstić information content (AvgIpc) is 3.29. The normalized spacial score (nSPS) is 20.4. The van der Waals surface area contributed by atoms with Gasteiger partial charge in [-0.15, -0.1) is 0 Å². The van der Waals surface area contributed by atoms with E-state index in [1.165, 1.54) is 12.1 Å². The standard InChI is InChI=1S/C20H20FNO3/c1-2-22(11-13-3-8-18-19(9-13)25-12-24-18)20(23)17-10-16(17)14-4-6-15(21)7-5-14/h3-9,16-17H,2,10-12H2,1H3. The zero-order valence-corrected chi connectivity index (χ0v) is 14.1. The molecule has 5 heteroatoms. The van der Waals surface area contributed by atoms with Crippen molar-refractivity contribution in [2.24, 2.45) is 5.92 Å². The van der Waals surface area contributed by atoms with Crippen LogP contribution >= 0.6 is 0 Å². The Morgan fingerprint density at radius 3 is 2.68 bits per heavy atom. The number of carbonyl (C=O) groups is 1. The Balaban J connectivity index is 1.43. The number of fused-ring (bicyclic) bond motifs is 1. The van der Waals surface area contributed by atoms with E-state index >= 15 is 0 Å². The van der Waals surface area contributed by atoms with Gasteiger partial charge in [0, 0.05) is 19.0 Å². The van der Waals surface area contributed by atoms with Gasteiger partial charge in [-0.3, -0.25) is 4.79 Å². The van der Waals surface area contributed by atoms with Gasteiger partial charge in [0.05, 0.1) is 0 Å². The summed E-state index contributed by atoms with van der Waals surface area (Å²) in [4.78, 5) is 14.7. The summed E-state index contributed by atoms with van der Waals surface area (Å²) in [7, 11) is 0. The van der Waals surface area contributed by atoms with Gasteiger partial charge in [0.1, 0.15) is 5.82 Å². The smallest absolute Gasteiger partial charge is 0.231 e. The fourth-order valence-corrected chi connectivity index (χ4v) is 3.39. The lowest BCUT2D eigenvalue weighted by molar-refractivity contribution is -0.133. The summed E-state index contributed by atoms with van der Waals surface area (Å²) in [5, 5.41) is 0. The lowest BCUT2D eigenvalue weighted by atomic mass is 10.1. The summed E-state index contributed by atoms with van der Waals surface area (Å²) in [6.07, 6.45) is 0.835. The maximum absolute atomic E-state index is 13.1. The summed E-state index contributed by atoms with van der Waals surface area (Å²) in [6, 6.07) is 12.3. The molecular formula is C20H20FNO3. The van der Waals surface area contributed by atoms with Crippen molar-refractivity contribution in [3.05, 3.63) is 59.4 Å². The molecule has 4 nitrogen and oxygen atoms in total. The summed E-state index contributed by atoms with van der Waals surface area (Å²) in [5.41, 5.74) is 2.07. The minimum absolute atomic E-state index is 0.000535. The van der Waals surface area contributed by atoms with E-state index < -0.39 is 0 Å². The second-order valence-corrected chi connectivity index (χ2v) is 6.54. The summed E-state index contributed by atoms with van der Waals surface area (Å²) in [5.74, 6) is 1.60. The van der Waals surface area contributed by atoms with Gasteiger partial charge in [0.15, 0.2) is 11.5 Å². The van der Waals surface area contributed by atoms with E-state index in [1.807, 2.05) is 30.0 Å². The van der Waals surface area contributed by atoms with E-state index in [9.17, 15) is 9.18 Å². The monoisotopic (exact) mass is 341 g/mol. The topological polar surface area (TPSA) is 38.8 Å². The van der Waals surface area contributed by atoms with Gasteiger partial charge in [-0.25, -0.2) is 4.39 Å². The van der Waals surface area contributed by atoms with Crippen LogP contribution < -0.4 is 9.47 Å². The maximum atomic E-state index is 13.1. The van der Waals surface area contributed by atoms with Crippen LogP contribution in [0.15, 0.2) is 42.5 Å². The second kappa shape index (κ2) is 6.39. The van der Waals surface area contributed by atoms with Crippen LogP contribution in [0.5, 0.6) is 11.5 Å². The maximum Gasteiger partial charge on any atom is 0.231 e. The van der Waals surface area contributed by atoms with Crippen LogP contribution in [-0.2, 0) is 11.3 Å². The minimum atomic E-state index is -0.245. The molecule has 1 fully saturated rings. The van der Waals surface area contributed by atoms with Crippen LogP contribution in [-0.4, -0.2) is 24.1 Å². The number of carbonyl (C=O) groups excluding carboxylic acids is 1. The number of amides is 1. The molecule has 0 saturated heterocycles. The summed E-state index contributed by atoms with van der Waals surface area (Å²) >= 11 is 0. The first-order chi connectivity index (χ1) is 12.2. The lowest BCUT2D eigenvalue weighted by Gasteiger charge is -2.21. The van der Waals surface area contributed by atoms with E-state index in [0.717, 1.165) is 29.0 Å². The van der Waals surface area contributed by atoms with Crippen molar-refractivity contribution in [2.45, 2.75) is 25.8 Å². The molecule has 0 spiro atoms. The van der Waals surface area contributed by atoms with Crippen molar-refractivity contribution >= 4 is 5.91 Å². The Bertz CT molecular complexity index is 790. The van der Waals surface area contributed by atoms with E-state index in [4.69, 9.17) is 9.47 Å². The molecular weight excluding hydrogens is 321 g/mol. The van der Waals surface area contributed by atoms with Crippen molar-refractivity contribution in [1.29, 1.82) is 0 Å². The molecule has 1 saturated carbocycles. The first kappa shape index (κ1) is 15.9. The number of nitrogens with zero attached hydrogens (tertiary/aromatic N) is 1. The van der Waals surface area contributed by atoms with E-state index in [2.05, 4.69) is 0 Å². The van der Waals surface area contributed by atoms with Gasteiger partial charge in [0.25, 0.3) is 0 Å². The predicted octanol–water partition coefficient (Wildman–Crippen LogP) is 3.71. The molecule has 2 unspecified atom stereocenters. The van der Waals surface area contributed by atoms with Crippen LogP contribution in [0.4, 0.5) is 4.39 Å². The first-order valence-corrected chi connectivity index (χ1v) is 8.58. The van der Waals surface area contributed by atoms with Crippen LogP contribution in [0.2, 0.25) is 0 Å². The average molecular weight is 341 g/mol. The summed E-state index contributed by atoms with van der Waals surface area (Å²) in [6.45, 7) is 3.44. The molecule has 1 aliphatic carbocycles. The van der Waals surface area contributed by atoms with Gasteiger partial charge in [-0.1, -0.05) is 18.2 Å². The highest BCUT2D eigenvalue weighted by molar-refractivity contribution is 5.83. The minimum Gasteiger partial charge on any atom is -0.454 e. The van der Waals surface area contributed by atoms with E-state index in [0.29, 0.717) is 13.1 Å². The Kier molecular flexibility index (Phi) is 4.07. The molecule has 130 valence electrons. The molecule has 1 heterocycles. The van der Waals surface area contributed by atoms with Crippen molar-refractivity contribution in [3.8, 4) is 11.5 Å². The molecule has 0 aromatic heterocycles. The highest BCUT2D eigenvalue weighted by atomic mass is 19.1. The number of halogens is 1. The molecule has 0 bridgehead atoms. The Labute approximate surface area is 146 Å². The third kappa shape index (κ3) is 3.18. The number of hydrogen-bond acceptors (Lipinski definition) is 3. The van der Waals surface area contributed by atoms with E-state index in [1.54, 1.807) is 12.1 Å². The summed E-state index contributed by atoms with van der Waals surface area (Å²) < 4.78 is 23.8. The van der Waals surface area contributed by atoms with Gasteiger partial charge in [-0.05, 0) is 54.7 Å². The van der Waals surface area contributed by atoms with Crippen LogP contribution in [0.1, 0.15) is 30.4 Å². The van der Waals surface area contributed by atoms with Crippen LogP contribution in [0.3, 0.4) is 0 Å². The van der Waals surface area contributed by atoms with Crippen LogP contribution in [0.25, 0.3) is 0 Å². The van der Waals surface area contributed by atoms with Crippen LogP contribution in [0, 0.1) is 11.7 Å². The highest BCUT2D eigenvalue weighted by Gasteiger charge is 2.45. The van der Waals surface area contributed by atoms with Gasteiger partial charge in [-0.2, -0.15) is 0 Å². The molecule has 1 amide bonds. The van der Waals surface area contributed by atoms with E-state index in [-0.39, 0.29) is 30.4 Å². The zero-order chi connectivity index (χ0) is 17.4. The Morgan fingerprint density at radius 2 is 1.92 bits per heavy atom. The SMILES string of the molecule is CCN(Cc1ccc2c(c1)OCO2)C(=O)C1CC1c1ccc(F)cc1. The molecule has 2 atom stereocenters. The Hall–Kier alpha value is -2.56. The van der Waals surface area contributed by atoms with Gasteiger partial charge >= 0.3 is 0 Å². The molecule has 0 radical (unpaired) electrons. The predicted molar refractivity (Wildman–Crippen MR) is 90.9 cm³/mol.